The highest BCUT2D eigenvalue weighted by atomic mass is 35.5. The number of piperidine rings is 1. The van der Waals surface area contributed by atoms with Crippen LogP contribution < -0.4 is 10.1 Å². The monoisotopic (exact) mass is 614 g/mol. The summed E-state index contributed by atoms with van der Waals surface area (Å²) in [6, 6.07) is 4.50. The molecule has 1 unspecified atom stereocenters. The van der Waals surface area contributed by atoms with Crippen LogP contribution in [0.5, 0.6) is 5.75 Å². The van der Waals surface area contributed by atoms with Gasteiger partial charge in [-0.2, -0.15) is 13.2 Å². The van der Waals surface area contributed by atoms with Crippen LogP contribution in [-0.2, 0) is 17.5 Å². The fourth-order valence-corrected chi connectivity index (χ4v) is 5.71. The molecule has 0 bridgehead atoms. The Morgan fingerprint density at radius 2 is 1.81 bits per heavy atom. The molecule has 2 aromatic rings. The molecule has 1 aliphatic heterocycles. The number of nitrogens with one attached hydrogen (secondary N) is 1. The number of benzene rings is 2. The minimum atomic E-state index is -4.50. The van der Waals surface area contributed by atoms with Crippen LogP contribution in [0.15, 0.2) is 30.3 Å². The first-order valence-corrected chi connectivity index (χ1v) is 14.5. The molecule has 6 nitrogen and oxygen atoms in total. The third-order valence-corrected chi connectivity index (χ3v) is 8.91. The summed E-state index contributed by atoms with van der Waals surface area (Å²) in [5.41, 5.74) is -1.91. The molecule has 228 valence electrons. The van der Waals surface area contributed by atoms with E-state index in [1.54, 1.807) is 0 Å². The molecule has 2 saturated carbocycles. The van der Waals surface area contributed by atoms with Crippen LogP contribution >= 0.6 is 11.6 Å². The predicted octanol–water partition coefficient (Wildman–Crippen LogP) is 6.74. The molecule has 2 aromatic carbocycles. The van der Waals surface area contributed by atoms with Crippen molar-refractivity contribution in [1.82, 2.24) is 10.2 Å². The number of amides is 1. The number of nitrogens with zero attached hydrogens (tertiary/aromatic N) is 1. The fraction of sp³-hybridized carbons (Fsp3) is 0.533. The lowest BCUT2D eigenvalue weighted by atomic mass is 9.79. The second-order valence-electron chi connectivity index (χ2n) is 11.6. The zero-order chi connectivity index (χ0) is 30.2. The van der Waals surface area contributed by atoms with E-state index in [0.717, 1.165) is 37.5 Å². The van der Waals surface area contributed by atoms with Crippen molar-refractivity contribution >= 4 is 23.5 Å². The average molecular weight is 615 g/mol. The van der Waals surface area contributed by atoms with Gasteiger partial charge in [0.1, 0.15) is 29.9 Å². The van der Waals surface area contributed by atoms with Gasteiger partial charge in [-0.05, 0) is 85.8 Å². The smallest absolute Gasteiger partial charge is 0.416 e. The van der Waals surface area contributed by atoms with E-state index in [4.69, 9.17) is 16.3 Å². The highest BCUT2D eigenvalue weighted by molar-refractivity contribution is 6.31. The number of carbonyl (C=O) groups excluding carboxylic acids is 1. The standard InChI is InChI=1S/C30H32ClF5N2O4/c31-23-7-6-20(30(34,35)36)12-19(23)15-38-10-8-29(33,9-11-38)16-42-25-14-24(32)22(13-21(25)17-4-5-17)27(39)37-26(28(40)41)18-2-1-3-18/h6-7,12-14,17-18,26H,1-5,8-11,15-16H2,(H,37,39)(H,40,41). The number of ether oxygens (including phenoxy) is 1. The van der Waals surface area contributed by atoms with Crippen LogP contribution in [0.4, 0.5) is 22.0 Å². The number of carboxylic acids is 1. The Morgan fingerprint density at radius 3 is 2.38 bits per heavy atom. The number of likely N-dealkylation sites (tertiary alicyclic amines) is 1. The fourth-order valence-electron chi connectivity index (χ4n) is 5.53. The summed E-state index contributed by atoms with van der Waals surface area (Å²) < 4.78 is 76.0. The van der Waals surface area contributed by atoms with Crippen LogP contribution in [0.1, 0.15) is 77.9 Å². The van der Waals surface area contributed by atoms with E-state index in [2.05, 4.69) is 5.32 Å². The van der Waals surface area contributed by atoms with Gasteiger partial charge in [0.25, 0.3) is 5.91 Å². The van der Waals surface area contributed by atoms with Gasteiger partial charge in [-0.3, -0.25) is 9.69 Å². The first kappa shape index (κ1) is 30.5. The first-order valence-electron chi connectivity index (χ1n) is 14.1. The highest BCUT2D eigenvalue weighted by Crippen LogP contribution is 2.45. The molecule has 2 N–H and O–H groups in total. The van der Waals surface area contributed by atoms with E-state index in [0.29, 0.717) is 24.0 Å². The Bertz CT molecular complexity index is 1340. The summed E-state index contributed by atoms with van der Waals surface area (Å²) >= 11 is 6.12. The van der Waals surface area contributed by atoms with Gasteiger partial charge in [-0.15, -0.1) is 0 Å². The Balaban J connectivity index is 1.21. The molecule has 12 heteroatoms. The Kier molecular flexibility index (Phi) is 8.72. The molecule has 5 rings (SSSR count). The third-order valence-electron chi connectivity index (χ3n) is 8.54. The topological polar surface area (TPSA) is 78.9 Å². The first-order chi connectivity index (χ1) is 19.8. The van der Waals surface area contributed by atoms with Crippen LogP contribution in [0.2, 0.25) is 5.02 Å². The van der Waals surface area contributed by atoms with E-state index in [1.165, 1.54) is 12.1 Å². The molecule has 1 saturated heterocycles. The molecule has 0 spiro atoms. The molecule has 3 fully saturated rings. The maximum atomic E-state index is 15.7. The molecule has 0 radical (unpaired) electrons. The van der Waals surface area contributed by atoms with Gasteiger partial charge < -0.3 is 15.2 Å². The Labute approximate surface area is 245 Å². The van der Waals surface area contributed by atoms with Gasteiger partial charge in [-0.25, -0.2) is 13.6 Å². The van der Waals surface area contributed by atoms with Crippen molar-refractivity contribution in [3.05, 3.63) is 63.4 Å². The predicted molar refractivity (Wildman–Crippen MR) is 145 cm³/mol. The molecular formula is C30H32ClF5N2O4. The molecule has 2 aliphatic carbocycles. The van der Waals surface area contributed by atoms with E-state index < -0.39 is 41.1 Å². The quantitative estimate of drug-likeness (QED) is 0.290. The van der Waals surface area contributed by atoms with E-state index in [-0.39, 0.29) is 67.3 Å². The van der Waals surface area contributed by atoms with Gasteiger partial charge in [0.05, 0.1) is 11.1 Å². The summed E-state index contributed by atoms with van der Waals surface area (Å²) in [5, 5.41) is 12.2. The molecular weight excluding hydrogens is 583 g/mol. The van der Waals surface area contributed by atoms with Gasteiger partial charge in [0.2, 0.25) is 0 Å². The lowest BCUT2D eigenvalue weighted by Gasteiger charge is -2.36. The number of carbonyl (C=O) groups is 2. The van der Waals surface area contributed by atoms with Crippen molar-refractivity contribution in [2.45, 2.75) is 75.3 Å². The SMILES string of the molecule is O=C(NC(C(=O)O)C1CCC1)c1cc(C2CC2)c(OCC2(F)CCN(Cc3cc(C(F)(F)F)ccc3Cl)CC2)cc1F. The van der Waals surface area contributed by atoms with Gasteiger partial charge in [-0.1, -0.05) is 18.0 Å². The number of carboxylic acid groups (broad SMARTS) is 1. The normalized spacial score (nSPS) is 20.0. The zero-order valence-electron chi connectivity index (χ0n) is 22.8. The maximum Gasteiger partial charge on any atom is 0.416 e. The lowest BCUT2D eigenvalue weighted by Crippen LogP contribution is -2.48. The van der Waals surface area contributed by atoms with Gasteiger partial charge >= 0.3 is 12.1 Å². The van der Waals surface area contributed by atoms with Crippen molar-refractivity contribution in [3.63, 3.8) is 0 Å². The average Bonchev–Trinajstić information content (AvgIpc) is 3.73. The molecule has 0 aromatic heterocycles. The molecule has 1 heterocycles. The van der Waals surface area contributed by atoms with E-state index >= 15 is 8.78 Å². The van der Waals surface area contributed by atoms with Crippen molar-refractivity contribution in [3.8, 4) is 5.75 Å². The molecule has 3 aliphatic rings. The van der Waals surface area contributed by atoms with E-state index in [9.17, 15) is 27.9 Å². The van der Waals surface area contributed by atoms with Crippen molar-refractivity contribution in [1.29, 1.82) is 0 Å². The van der Waals surface area contributed by atoms with Crippen molar-refractivity contribution in [2.24, 2.45) is 5.92 Å². The summed E-state index contributed by atoms with van der Waals surface area (Å²) in [6.45, 7) is 0.324. The number of hydrogen-bond acceptors (Lipinski definition) is 4. The van der Waals surface area contributed by atoms with Crippen LogP contribution in [0, 0.1) is 11.7 Å². The minimum Gasteiger partial charge on any atom is -0.490 e. The zero-order valence-corrected chi connectivity index (χ0v) is 23.5. The second-order valence-corrected chi connectivity index (χ2v) is 12.1. The summed E-state index contributed by atoms with van der Waals surface area (Å²) in [5.74, 6) is -2.86. The number of hydrogen-bond donors (Lipinski definition) is 2. The van der Waals surface area contributed by atoms with Gasteiger partial charge in [0, 0.05) is 30.7 Å². The Hall–Kier alpha value is -2.92. The third kappa shape index (κ3) is 6.99. The molecule has 1 atom stereocenters. The van der Waals surface area contributed by atoms with E-state index in [1.807, 2.05) is 4.90 Å². The van der Waals surface area contributed by atoms with Gasteiger partial charge in [0.15, 0.2) is 0 Å². The maximum absolute atomic E-state index is 15.7. The van der Waals surface area contributed by atoms with Crippen molar-refractivity contribution in [2.75, 3.05) is 19.7 Å². The molecule has 1 amide bonds. The molecule has 42 heavy (non-hydrogen) atoms. The Morgan fingerprint density at radius 1 is 1.12 bits per heavy atom. The number of rotatable bonds is 10. The number of halogens is 6. The van der Waals surface area contributed by atoms with Crippen LogP contribution in [0.3, 0.4) is 0 Å². The number of aliphatic carboxylic acids is 1. The lowest BCUT2D eigenvalue weighted by molar-refractivity contribution is -0.141. The largest absolute Gasteiger partial charge is 0.490 e. The van der Waals surface area contributed by atoms with Crippen LogP contribution in [0.25, 0.3) is 0 Å². The summed E-state index contributed by atoms with van der Waals surface area (Å²) in [7, 11) is 0. The highest BCUT2D eigenvalue weighted by Gasteiger charge is 2.38. The summed E-state index contributed by atoms with van der Waals surface area (Å²) in [6.07, 6.45) is -0.526. The summed E-state index contributed by atoms with van der Waals surface area (Å²) in [4.78, 5) is 26.3. The second kappa shape index (κ2) is 12.0. The number of alkyl halides is 4. The van der Waals surface area contributed by atoms with Crippen LogP contribution in [-0.4, -0.2) is 53.3 Å². The van der Waals surface area contributed by atoms with Crippen molar-refractivity contribution < 1.29 is 41.4 Å². The minimum absolute atomic E-state index is 0.0312.